The summed E-state index contributed by atoms with van der Waals surface area (Å²) in [5, 5.41) is 1.24. The van der Waals surface area contributed by atoms with Gasteiger partial charge in [0.15, 0.2) is 8.32 Å². The van der Waals surface area contributed by atoms with Crippen molar-refractivity contribution in [1.82, 2.24) is 0 Å². The largest absolute Gasteiger partial charge is 0.437 e. The van der Waals surface area contributed by atoms with Gasteiger partial charge in [0.05, 0.1) is 0 Å². The third-order valence-electron chi connectivity index (χ3n) is 8.15. The Hall–Kier alpha value is 1.30. The van der Waals surface area contributed by atoms with Crippen LogP contribution in [-0.2, 0) is 49.4 Å². The topological polar surface area (TPSA) is 111 Å². The smallest absolute Gasteiger partial charge is 0.314 e. The van der Waals surface area contributed by atoms with E-state index in [-0.39, 0.29) is 0 Å². The fraction of sp³-hybridized carbons (Fsp3) is 0.778. The summed E-state index contributed by atoms with van der Waals surface area (Å²) in [6.07, 6.45) is 1.89. The number of rotatable bonds is 26. The van der Waals surface area contributed by atoms with E-state index in [0.717, 1.165) is 5.56 Å². The van der Waals surface area contributed by atoms with Crippen molar-refractivity contribution in [1.29, 1.82) is 0 Å². The number of aryl methyl sites for hydroxylation is 1. The molecule has 61 heavy (non-hydrogen) atoms. The Morgan fingerprint density at radius 2 is 0.541 bits per heavy atom. The highest BCUT2D eigenvalue weighted by atomic mass is 28.5. The summed E-state index contributed by atoms with van der Waals surface area (Å²) in [5.74, 6) is 0. The fourth-order valence-corrected chi connectivity index (χ4v) is 74.5. The standard InChI is InChI=1S/C36H90O12Si13/c1-30-35-31-32-36(33-34(35)2)50(6,7)38-52(10,11)40-54(14,15)42-56(18,19)44-58(22,23)46-60(26,27)48-61(28,29)47-59(24,25)45-57(20,21)43-55(16,17)41-53(12,13)39-51(8,9)37-49(3,4)5/h30-33H,1H2,2-29H3. The Labute approximate surface area is 388 Å². The predicted molar refractivity (Wildman–Crippen MR) is 287 cm³/mol. The summed E-state index contributed by atoms with van der Waals surface area (Å²) < 4.78 is 81.7. The lowest BCUT2D eigenvalue weighted by Gasteiger charge is -2.45. The van der Waals surface area contributed by atoms with Gasteiger partial charge in [0.2, 0.25) is 8.32 Å². The Morgan fingerprint density at radius 3 is 0.738 bits per heavy atom. The van der Waals surface area contributed by atoms with Gasteiger partial charge in [-0.05, 0) is 200 Å². The van der Waals surface area contributed by atoms with Crippen LogP contribution in [-0.4, -0.2) is 111 Å². The maximum absolute atomic E-state index is 6.93. The van der Waals surface area contributed by atoms with Crippen LogP contribution in [0.25, 0.3) is 6.08 Å². The second kappa shape index (κ2) is 20.5. The number of hydrogen-bond acceptors (Lipinski definition) is 12. The second-order valence-electron chi connectivity index (χ2n) is 22.5. The fourth-order valence-electron chi connectivity index (χ4n) is 8.84. The van der Waals surface area contributed by atoms with Gasteiger partial charge in [-0.15, -0.1) is 0 Å². The zero-order chi connectivity index (χ0) is 48.5. The van der Waals surface area contributed by atoms with E-state index in [4.69, 9.17) is 49.4 Å². The average Bonchev–Trinajstić information content (AvgIpc) is 2.83. The molecule has 0 fully saturated rings. The van der Waals surface area contributed by atoms with Gasteiger partial charge in [-0.3, -0.25) is 0 Å². The highest BCUT2D eigenvalue weighted by molar-refractivity contribution is 6.95. The van der Waals surface area contributed by atoms with Crippen molar-refractivity contribution >= 4 is 122 Å². The molecule has 25 heteroatoms. The predicted octanol–water partition coefficient (Wildman–Crippen LogP) is 11.8. The molecule has 0 bridgehead atoms. The third kappa shape index (κ3) is 24.2. The molecule has 0 aliphatic carbocycles. The molecule has 0 saturated heterocycles. The normalized spacial score (nSPS) is 15.4. The first-order valence-electron chi connectivity index (χ1n) is 21.6. The summed E-state index contributed by atoms with van der Waals surface area (Å²) in [4.78, 5) is 0. The first-order valence-corrected chi connectivity index (χ1v) is 58.9. The Morgan fingerprint density at radius 1 is 0.328 bits per heavy atom. The molecule has 1 aromatic carbocycles. The molecule has 0 aliphatic rings. The van der Waals surface area contributed by atoms with E-state index in [2.05, 4.69) is 208 Å². The van der Waals surface area contributed by atoms with Crippen molar-refractivity contribution in [3.8, 4) is 0 Å². The molecular weight excluding hydrogens is 990 g/mol. The van der Waals surface area contributed by atoms with Gasteiger partial charge in [-0.25, -0.2) is 0 Å². The average molecular weight is 1080 g/mol. The Balaban J connectivity index is 2.97. The quantitative estimate of drug-likeness (QED) is 0.0824. The molecule has 0 heterocycles. The van der Waals surface area contributed by atoms with Gasteiger partial charge < -0.3 is 49.4 Å². The minimum Gasteiger partial charge on any atom is -0.437 e. The molecular formula is C36H90O12Si13. The van der Waals surface area contributed by atoms with E-state index < -0.39 is 111 Å². The summed E-state index contributed by atoms with van der Waals surface area (Å²) in [6.45, 7) is 62.9. The molecule has 0 unspecified atom stereocenters. The SMILES string of the molecule is C=Cc1ccc([Si](C)(C)O[Si](C)(C)O[Si](C)(C)O[Si](C)(C)O[Si](C)(C)O[Si](C)(C)O[Si](C)(C)O[Si](C)(C)O[Si](C)(C)O[Si](C)(C)O[Si](C)(C)O[Si](C)(C)O[Si](C)(C)C)cc1C. The molecule has 358 valence electrons. The number of benzene rings is 1. The van der Waals surface area contributed by atoms with Crippen molar-refractivity contribution in [2.75, 3.05) is 0 Å². The zero-order valence-corrected chi connectivity index (χ0v) is 56.9. The second-order valence-corrected chi connectivity index (χ2v) is 70.9. The van der Waals surface area contributed by atoms with Crippen LogP contribution in [0.4, 0.5) is 0 Å². The van der Waals surface area contributed by atoms with Crippen LogP contribution in [0.2, 0.25) is 177 Å². The van der Waals surface area contributed by atoms with E-state index in [1.807, 2.05) is 6.08 Å². The summed E-state index contributed by atoms with van der Waals surface area (Å²) in [7, 11) is -33.5. The number of hydrogen-bond donors (Lipinski definition) is 0. The van der Waals surface area contributed by atoms with E-state index in [9.17, 15) is 0 Å². The molecule has 1 rings (SSSR count). The van der Waals surface area contributed by atoms with E-state index in [1.54, 1.807) is 0 Å². The van der Waals surface area contributed by atoms with Gasteiger partial charge >= 0.3 is 94.2 Å². The molecule has 12 nitrogen and oxygen atoms in total. The van der Waals surface area contributed by atoms with Crippen LogP contribution in [0.5, 0.6) is 0 Å². The van der Waals surface area contributed by atoms with Crippen molar-refractivity contribution in [3.05, 3.63) is 35.9 Å². The van der Waals surface area contributed by atoms with Crippen LogP contribution in [0.3, 0.4) is 0 Å². The Kier molecular flexibility index (Phi) is 20.3. The summed E-state index contributed by atoms with van der Waals surface area (Å²) in [5.41, 5.74) is 2.34. The highest BCUT2D eigenvalue weighted by Gasteiger charge is 2.52. The lowest BCUT2D eigenvalue weighted by Crippen LogP contribution is -2.63. The zero-order valence-electron chi connectivity index (χ0n) is 43.9. The molecule has 0 saturated carbocycles. The molecule has 0 aromatic heterocycles. The van der Waals surface area contributed by atoms with Gasteiger partial charge in [0, 0.05) is 0 Å². The molecule has 0 aliphatic heterocycles. The summed E-state index contributed by atoms with van der Waals surface area (Å²) in [6, 6.07) is 6.53. The monoisotopic (exact) mass is 1080 g/mol. The van der Waals surface area contributed by atoms with E-state index in [1.165, 1.54) is 10.8 Å². The molecule has 0 N–H and O–H groups in total. The first-order chi connectivity index (χ1) is 26.4. The molecule has 0 radical (unpaired) electrons. The highest BCUT2D eigenvalue weighted by Crippen LogP contribution is 2.32. The lowest BCUT2D eigenvalue weighted by atomic mass is 10.1. The Bertz CT molecular complexity index is 1630. The third-order valence-corrected chi connectivity index (χ3v) is 57.6. The van der Waals surface area contributed by atoms with Gasteiger partial charge in [0.25, 0.3) is 0 Å². The van der Waals surface area contributed by atoms with Crippen molar-refractivity contribution in [3.63, 3.8) is 0 Å². The van der Waals surface area contributed by atoms with Crippen LogP contribution >= 0.6 is 0 Å². The van der Waals surface area contributed by atoms with Crippen molar-refractivity contribution < 1.29 is 49.4 Å². The van der Waals surface area contributed by atoms with Crippen LogP contribution < -0.4 is 5.19 Å². The molecule has 0 amide bonds. The van der Waals surface area contributed by atoms with Crippen LogP contribution in [0.1, 0.15) is 11.1 Å². The minimum absolute atomic E-state index is 1.14. The molecule has 1 aromatic rings. The van der Waals surface area contributed by atoms with Crippen LogP contribution in [0, 0.1) is 6.92 Å². The maximum Gasteiger partial charge on any atom is 0.314 e. The molecule has 0 spiro atoms. The van der Waals surface area contributed by atoms with Gasteiger partial charge in [0.1, 0.15) is 0 Å². The molecule has 0 atom stereocenters. The van der Waals surface area contributed by atoms with Crippen molar-refractivity contribution in [2.45, 2.75) is 184 Å². The lowest BCUT2D eigenvalue weighted by molar-refractivity contribution is 0.252. The maximum atomic E-state index is 6.93. The summed E-state index contributed by atoms with van der Waals surface area (Å²) >= 11 is 0. The van der Waals surface area contributed by atoms with Crippen LogP contribution in [0.15, 0.2) is 24.8 Å². The van der Waals surface area contributed by atoms with Gasteiger partial charge in [-0.2, -0.15) is 0 Å². The first kappa shape index (κ1) is 60.3. The van der Waals surface area contributed by atoms with E-state index in [0.29, 0.717) is 0 Å². The van der Waals surface area contributed by atoms with Crippen molar-refractivity contribution in [2.24, 2.45) is 0 Å². The van der Waals surface area contributed by atoms with Gasteiger partial charge in [-0.1, -0.05) is 30.9 Å². The minimum atomic E-state index is -2.77. The van der Waals surface area contributed by atoms with E-state index >= 15 is 0 Å².